The molecule has 0 aromatic carbocycles. The Balaban J connectivity index is 0.000000480. The van der Waals surface area contributed by atoms with Gasteiger partial charge in [0.25, 0.3) is 0 Å². The molecule has 1 aromatic heterocycles. The molecule has 1 saturated heterocycles. The fourth-order valence-corrected chi connectivity index (χ4v) is 1.46. The Labute approximate surface area is 126 Å². The molecule has 1 aliphatic heterocycles. The first-order chi connectivity index (χ1) is 9.83. The van der Waals surface area contributed by atoms with Gasteiger partial charge in [-0.2, -0.15) is 4.99 Å². The molecule has 0 bridgehead atoms. The van der Waals surface area contributed by atoms with Gasteiger partial charge in [0, 0.05) is 38.1 Å². The van der Waals surface area contributed by atoms with Crippen molar-refractivity contribution >= 4 is 12.3 Å². The van der Waals surface area contributed by atoms with Crippen molar-refractivity contribution in [1.29, 1.82) is 0 Å². The van der Waals surface area contributed by atoms with Crippen LogP contribution in [-0.4, -0.2) is 50.2 Å². The van der Waals surface area contributed by atoms with Gasteiger partial charge in [0.2, 0.25) is 0 Å². The maximum atomic E-state index is 10.8. The van der Waals surface area contributed by atoms with Gasteiger partial charge >= 0.3 is 6.09 Å². The number of rotatable bonds is 3. The van der Waals surface area contributed by atoms with Crippen molar-refractivity contribution in [2.45, 2.75) is 20.8 Å². The minimum atomic E-state index is -0.540. The largest absolute Gasteiger partial charge is 0.448 e. The molecular weight excluding hydrogens is 270 g/mol. The lowest BCUT2D eigenvalue weighted by Crippen LogP contribution is -2.30. The van der Waals surface area contributed by atoms with Gasteiger partial charge in [-0.15, -0.1) is 0 Å². The fourth-order valence-electron chi connectivity index (χ4n) is 1.46. The molecular formula is C15H25N3O3. The molecule has 0 saturated carbocycles. The summed E-state index contributed by atoms with van der Waals surface area (Å²) in [6, 6.07) is 3.77. The molecule has 21 heavy (non-hydrogen) atoms. The van der Waals surface area contributed by atoms with E-state index >= 15 is 0 Å². The molecule has 1 fully saturated rings. The zero-order chi connectivity index (χ0) is 14.5. The van der Waals surface area contributed by atoms with Gasteiger partial charge in [-0.1, -0.05) is 7.43 Å². The van der Waals surface area contributed by atoms with E-state index in [0.29, 0.717) is 13.0 Å². The number of hydrogen-bond acceptors (Lipinski definition) is 5. The number of ether oxygens (including phenoxy) is 2. The van der Waals surface area contributed by atoms with Crippen LogP contribution < -0.4 is 5.32 Å². The highest BCUT2D eigenvalue weighted by Crippen LogP contribution is 1.98. The predicted molar refractivity (Wildman–Crippen MR) is 83.9 cm³/mol. The summed E-state index contributed by atoms with van der Waals surface area (Å²) in [7, 11) is 0. The summed E-state index contributed by atoms with van der Waals surface area (Å²) in [5.74, 6) is 0. The van der Waals surface area contributed by atoms with Gasteiger partial charge in [-0.05, 0) is 24.6 Å². The van der Waals surface area contributed by atoms with E-state index in [-0.39, 0.29) is 7.43 Å². The third kappa shape index (κ3) is 10.6. The molecule has 2 rings (SSSR count). The summed E-state index contributed by atoms with van der Waals surface area (Å²) >= 11 is 0. The van der Waals surface area contributed by atoms with Crippen molar-refractivity contribution in [3.63, 3.8) is 0 Å². The minimum Gasteiger partial charge on any atom is -0.448 e. The van der Waals surface area contributed by atoms with Crippen LogP contribution in [0.2, 0.25) is 0 Å². The molecule has 1 aromatic rings. The number of aliphatic imine (C=N–C) groups is 1. The Kier molecular flexibility index (Phi) is 12.1. The highest BCUT2D eigenvalue weighted by Gasteiger charge is 1.97. The first kappa shape index (κ1) is 19.2. The molecule has 0 radical (unpaired) electrons. The van der Waals surface area contributed by atoms with Gasteiger partial charge in [0.15, 0.2) is 0 Å². The molecule has 0 unspecified atom stereocenters. The molecule has 0 aliphatic carbocycles. The average Bonchev–Trinajstić information content (AvgIpc) is 2.51. The van der Waals surface area contributed by atoms with Crippen molar-refractivity contribution < 1.29 is 14.3 Å². The van der Waals surface area contributed by atoms with Crippen LogP contribution in [0, 0.1) is 0 Å². The van der Waals surface area contributed by atoms with Crippen LogP contribution >= 0.6 is 0 Å². The van der Waals surface area contributed by atoms with Crippen LogP contribution in [0.5, 0.6) is 0 Å². The Hall–Kier alpha value is -1.79. The van der Waals surface area contributed by atoms with E-state index in [1.807, 2.05) is 12.1 Å². The smallest absolute Gasteiger partial charge is 0.433 e. The molecule has 2 heterocycles. The van der Waals surface area contributed by atoms with Gasteiger partial charge in [-0.25, -0.2) is 4.79 Å². The molecule has 0 atom stereocenters. The average molecular weight is 295 g/mol. The number of carbonyl (C=O) groups excluding carboxylic acids is 1. The molecule has 1 amide bonds. The monoisotopic (exact) mass is 295 g/mol. The highest BCUT2D eigenvalue weighted by molar-refractivity contribution is 5.78. The van der Waals surface area contributed by atoms with Crippen LogP contribution in [0.25, 0.3) is 0 Å². The predicted octanol–water partition coefficient (Wildman–Crippen LogP) is 2.09. The van der Waals surface area contributed by atoms with Gasteiger partial charge < -0.3 is 14.8 Å². The van der Waals surface area contributed by atoms with E-state index in [1.54, 1.807) is 19.3 Å². The normalized spacial score (nSPS) is 13.8. The van der Waals surface area contributed by atoms with Crippen LogP contribution in [0.3, 0.4) is 0 Å². The molecule has 118 valence electrons. The van der Waals surface area contributed by atoms with Crippen LogP contribution in [-0.2, 0) is 15.9 Å². The number of nitrogens with one attached hydrogen (secondary N) is 1. The summed E-state index contributed by atoms with van der Waals surface area (Å²) in [4.78, 5) is 18.1. The molecule has 0 spiro atoms. The quantitative estimate of drug-likeness (QED) is 0.864. The van der Waals surface area contributed by atoms with E-state index in [4.69, 9.17) is 9.47 Å². The van der Waals surface area contributed by atoms with Gasteiger partial charge in [0.05, 0.1) is 19.8 Å². The lowest BCUT2D eigenvalue weighted by molar-refractivity contribution is 0.109. The number of hydrogen-bond donors (Lipinski definition) is 1. The second kappa shape index (κ2) is 13.2. The Morgan fingerprint density at radius 2 is 2.10 bits per heavy atom. The number of morpholine rings is 1. The Morgan fingerprint density at radius 3 is 2.57 bits per heavy atom. The maximum absolute atomic E-state index is 10.8. The van der Waals surface area contributed by atoms with Gasteiger partial charge in [0.1, 0.15) is 0 Å². The van der Waals surface area contributed by atoms with Crippen LogP contribution in [0.15, 0.2) is 29.5 Å². The summed E-state index contributed by atoms with van der Waals surface area (Å²) in [5.41, 5.74) is 1.09. The minimum absolute atomic E-state index is 0. The van der Waals surface area contributed by atoms with Crippen molar-refractivity contribution in [3.05, 3.63) is 30.1 Å². The summed E-state index contributed by atoms with van der Waals surface area (Å²) in [6.45, 7) is 5.85. The summed E-state index contributed by atoms with van der Waals surface area (Å²) < 4.78 is 9.84. The third-order valence-corrected chi connectivity index (χ3v) is 2.45. The fraction of sp³-hybridized carbons (Fsp3) is 0.533. The lowest BCUT2D eigenvalue weighted by atomic mass is 10.2. The van der Waals surface area contributed by atoms with Crippen molar-refractivity contribution in [2.75, 3.05) is 32.9 Å². The molecule has 1 aliphatic rings. The third-order valence-electron chi connectivity index (χ3n) is 2.45. The molecule has 1 N–H and O–H groups in total. The van der Waals surface area contributed by atoms with E-state index in [1.165, 1.54) is 6.21 Å². The van der Waals surface area contributed by atoms with Crippen molar-refractivity contribution in [2.24, 2.45) is 4.99 Å². The first-order valence-corrected chi connectivity index (χ1v) is 6.65. The number of pyridine rings is 1. The number of amides is 1. The number of nitrogens with zero attached hydrogens (tertiary/aromatic N) is 2. The highest BCUT2D eigenvalue weighted by atomic mass is 16.5. The molecule has 6 nitrogen and oxygen atoms in total. The zero-order valence-electron chi connectivity index (χ0n) is 11.7. The Morgan fingerprint density at radius 1 is 1.43 bits per heavy atom. The van der Waals surface area contributed by atoms with Crippen LogP contribution in [0.1, 0.15) is 19.9 Å². The topological polar surface area (TPSA) is 72.8 Å². The zero-order valence-corrected chi connectivity index (χ0v) is 11.7. The lowest BCUT2D eigenvalue weighted by Gasteiger charge is -2.10. The maximum Gasteiger partial charge on any atom is 0.433 e. The summed E-state index contributed by atoms with van der Waals surface area (Å²) in [6.07, 6.45) is 4.98. The molecule has 6 heteroatoms. The van der Waals surface area contributed by atoms with Crippen LogP contribution in [0.4, 0.5) is 4.79 Å². The SMILES string of the molecule is C.C1COCCN1.CC=NC(=O)OCCc1ccncc1. The second-order valence-corrected chi connectivity index (χ2v) is 3.97. The van der Waals surface area contributed by atoms with Crippen molar-refractivity contribution in [3.8, 4) is 0 Å². The number of carbonyl (C=O) groups is 1. The van der Waals surface area contributed by atoms with E-state index in [0.717, 1.165) is 31.9 Å². The van der Waals surface area contributed by atoms with Gasteiger partial charge in [-0.3, -0.25) is 4.98 Å². The first-order valence-electron chi connectivity index (χ1n) is 6.65. The number of aromatic nitrogens is 1. The van der Waals surface area contributed by atoms with E-state index < -0.39 is 6.09 Å². The van der Waals surface area contributed by atoms with E-state index in [2.05, 4.69) is 15.3 Å². The summed E-state index contributed by atoms with van der Waals surface area (Å²) in [5, 5.41) is 3.16. The van der Waals surface area contributed by atoms with Crippen molar-refractivity contribution in [1.82, 2.24) is 10.3 Å². The Bertz CT molecular complexity index is 381. The van der Waals surface area contributed by atoms with E-state index in [9.17, 15) is 4.79 Å². The standard InChI is InChI=1S/C10H12N2O2.C4H9NO.CH4/c1-2-12-10(13)14-8-5-9-3-6-11-7-4-9;1-3-6-4-2-5-1;/h2-4,6-7H,5,8H2,1H3;5H,1-4H2;1H4. The second-order valence-electron chi connectivity index (χ2n) is 3.97.